The third kappa shape index (κ3) is 2.86. The van der Waals surface area contributed by atoms with Crippen LogP contribution in [0.1, 0.15) is 21.5 Å². The van der Waals surface area contributed by atoms with E-state index < -0.39 is 5.91 Å². The summed E-state index contributed by atoms with van der Waals surface area (Å²) >= 11 is 0. The number of fused-ring (bicyclic) bond motifs is 1. The number of phenolic OH excluding ortho intramolecular Hbond substituents is 1. The summed E-state index contributed by atoms with van der Waals surface area (Å²) in [4.78, 5) is 11.8. The fourth-order valence-electron chi connectivity index (χ4n) is 2.18. The molecule has 0 saturated carbocycles. The summed E-state index contributed by atoms with van der Waals surface area (Å²) < 4.78 is 5.43. The SMILES string of the molecule is O=C(N/N=C/c1ccc2c(c1)CCO2)c1ccccc1O. The van der Waals surface area contributed by atoms with Gasteiger partial charge < -0.3 is 9.84 Å². The topological polar surface area (TPSA) is 70.9 Å². The molecule has 106 valence electrons. The Morgan fingerprint density at radius 2 is 2.14 bits per heavy atom. The number of amides is 1. The molecule has 0 aliphatic carbocycles. The van der Waals surface area contributed by atoms with Crippen LogP contribution in [-0.2, 0) is 6.42 Å². The predicted octanol–water partition coefficient (Wildman–Crippen LogP) is 2.09. The lowest BCUT2D eigenvalue weighted by atomic mass is 10.1. The summed E-state index contributed by atoms with van der Waals surface area (Å²) in [5.41, 5.74) is 4.62. The van der Waals surface area contributed by atoms with Gasteiger partial charge in [0, 0.05) is 6.42 Å². The summed E-state index contributed by atoms with van der Waals surface area (Å²) in [6.07, 6.45) is 2.46. The number of rotatable bonds is 3. The van der Waals surface area contributed by atoms with Gasteiger partial charge in [-0.25, -0.2) is 5.43 Å². The van der Waals surface area contributed by atoms with Gasteiger partial charge in [0.05, 0.1) is 18.4 Å². The molecule has 0 saturated heterocycles. The molecule has 0 fully saturated rings. The normalized spacial score (nSPS) is 13.0. The van der Waals surface area contributed by atoms with Crippen molar-refractivity contribution in [2.75, 3.05) is 6.61 Å². The summed E-state index contributed by atoms with van der Waals surface area (Å²) in [6, 6.07) is 12.1. The van der Waals surface area contributed by atoms with E-state index in [0.717, 1.165) is 23.3 Å². The molecular formula is C16H14N2O3. The maximum Gasteiger partial charge on any atom is 0.275 e. The Bertz CT molecular complexity index is 710. The van der Waals surface area contributed by atoms with Crippen molar-refractivity contribution in [1.82, 2.24) is 5.43 Å². The summed E-state index contributed by atoms with van der Waals surface area (Å²) in [5, 5.41) is 13.5. The quantitative estimate of drug-likeness (QED) is 0.669. The van der Waals surface area contributed by atoms with Gasteiger partial charge in [0.15, 0.2) is 0 Å². The van der Waals surface area contributed by atoms with E-state index in [1.165, 1.54) is 12.1 Å². The number of benzene rings is 2. The van der Waals surface area contributed by atoms with Gasteiger partial charge in [-0.2, -0.15) is 5.10 Å². The second kappa shape index (κ2) is 5.66. The van der Waals surface area contributed by atoms with Crippen molar-refractivity contribution >= 4 is 12.1 Å². The van der Waals surface area contributed by atoms with E-state index in [0.29, 0.717) is 6.61 Å². The number of nitrogens with one attached hydrogen (secondary N) is 1. The third-order valence-corrected chi connectivity index (χ3v) is 3.24. The molecule has 0 unspecified atom stereocenters. The Hall–Kier alpha value is -2.82. The Morgan fingerprint density at radius 3 is 3.00 bits per heavy atom. The van der Waals surface area contributed by atoms with E-state index in [1.807, 2.05) is 18.2 Å². The van der Waals surface area contributed by atoms with E-state index in [9.17, 15) is 9.90 Å². The number of hydrazone groups is 1. The van der Waals surface area contributed by atoms with Crippen LogP contribution in [0.4, 0.5) is 0 Å². The average Bonchev–Trinajstić information content (AvgIpc) is 2.95. The number of hydrogen-bond acceptors (Lipinski definition) is 4. The van der Waals surface area contributed by atoms with Crippen LogP contribution in [0.2, 0.25) is 0 Å². The molecule has 2 aromatic carbocycles. The molecule has 1 aliphatic rings. The van der Waals surface area contributed by atoms with Crippen molar-refractivity contribution in [3.8, 4) is 11.5 Å². The van der Waals surface area contributed by atoms with E-state index in [4.69, 9.17) is 4.74 Å². The second-order valence-corrected chi connectivity index (χ2v) is 4.68. The number of hydrogen-bond donors (Lipinski definition) is 2. The van der Waals surface area contributed by atoms with Crippen LogP contribution >= 0.6 is 0 Å². The number of phenols is 1. The van der Waals surface area contributed by atoms with Gasteiger partial charge in [-0.15, -0.1) is 0 Å². The van der Waals surface area contributed by atoms with Crippen LogP contribution in [-0.4, -0.2) is 23.8 Å². The smallest absolute Gasteiger partial charge is 0.275 e. The molecule has 5 nitrogen and oxygen atoms in total. The van der Waals surface area contributed by atoms with Gasteiger partial charge >= 0.3 is 0 Å². The highest BCUT2D eigenvalue weighted by atomic mass is 16.5. The van der Waals surface area contributed by atoms with E-state index in [1.54, 1.807) is 18.3 Å². The number of aromatic hydroxyl groups is 1. The second-order valence-electron chi connectivity index (χ2n) is 4.68. The van der Waals surface area contributed by atoms with Crippen LogP contribution in [0.3, 0.4) is 0 Å². The number of nitrogens with zero attached hydrogens (tertiary/aromatic N) is 1. The first-order valence-electron chi connectivity index (χ1n) is 6.61. The fraction of sp³-hybridized carbons (Fsp3) is 0.125. The van der Waals surface area contributed by atoms with Crippen molar-refractivity contribution < 1.29 is 14.6 Å². The number of ether oxygens (including phenoxy) is 1. The molecule has 3 rings (SSSR count). The lowest BCUT2D eigenvalue weighted by molar-refractivity contribution is 0.0952. The zero-order chi connectivity index (χ0) is 14.7. The van der Waals surface area contributed by atoms with Crippen molar-refractivity contribution in [2.45, 2.75) is 6.42 Å². The summed E-state index contributed by atoms with van der Waals surface area (Å²) in [5.74, 6) is 0.388. The maximum absolute atomic E-state index is 11.8. The van der Waals surface area contributed by atoms with Crippen LogP contribution in [0.25, 0.3) is 0 Å². The Morgan fingerprint density at radius 1 is 1.29 bits per heavy atom. The lowest BCUT2D eigenvalue weighted by Gasteiger charge is -2.02. The first kappa shape index (κ1) is 13.2. The van der Waals surface area contributed by atoms with Crippen LogP contribution in [0.5, 0.6) is 11.5 Å². The summed E-state index contributed by atoms with van der Waals surface area (Å²) in [7, 11) is 0. The van der Waals surface area contributed by atoms with Gasteiger partial charge in [-0.05, 0) is 41.5 Å². The average molecular weight is 282 g/mol. The van der Waals surface area contributed by atoms with Gasteiger partial charge in [0.1, 0.15) is 11.5 Å². The zero-order valence-electron chi connectivity index (χ0n) is 11.2. The largest absolute Gasteiger partial charge is 0.507 e. The highest BCUT2D eigenvalue weighted by Crippen LogP contribution is 2.25. The van der Waals surface area contributed by atoms with Crippen molar-refractivity contribution in [2.24, 2.45) is 5.10 Å². The van der Waals surface area contributed by atoms with Crippen LogP contribution < -0.4 is 10.2 Å². The lowest BCUT2D eigenvalue weighted by Crippen LogP contribution is -2.17. The first-order valence-corrected chi connectivity index (χ1v) is 6.61. The first-order chi connectivity index (χ1) is 10.2. The maximum atomic E-state index is 11.8. The van der Waals surface area contributed by atoms with E-state index in [2.05, 4.69) is 10.5 Å². The molecule has 0 radical (unpaired) electrons. The molecule has 21 heavy (non-hydrogen) atoms. The third-order valence-electron chi connectivity index (χ3n) is 3.24. The minimum Gasteiger partial charge on any atom is -0.507 e. The van der Waals surface area contributed by atoms with Crippen LogP contribution in [0, 0.1) is 0 Å². The van der Waals surface area contributed by atoms with Crippen molar-refractivity contribution in [3.05, 3.63) is 59.2 Å². The van der Waals surface area contributed by atoms with Crippen LogP contribution in [0.15, 0.2) is 47.6 Å². The molecule has 0 aromatic heterocycles. The number of carbonyl (C=O) groups is 1. The molecule has 1 aliphatic heterocycles. The molecule has 5 heteroatoms. The molecular weight excluding hydrogens is 268 g/mol. The molecule has 2 N–H and O–H groups in total. The Kier molecular flexibility index (Phi) is 3.55. The molecule has 1 amide bonds. The molecule has 1 heterocycles. The highest BCUT2D eigenvalue weighted by Gasteiger charge is 2.11. The van der Waals surface area contributed by atoms with Gasteiger partial charge in [0.2, 0.25) is 0 Å². The Labute approximate surface area is 121 Å². The molecule has 0 spiro atoms. The van der Waals surface area contributed by atoms with E-state index >= 15 is 0 Å². The van der Waals surface area contributed by atoms with Gasteiger partial charge in [0.25, 0.3) is 5.91 Å². The van der Waals surface area contributed by atoms with Gasteiger partial charge in [-0.3, -0.25) is 4.79 Å². The minimum absolute atomic E-state index is 0.0696. The van der Waals surface area contributed by atoms with Crippen molar-refractivity contribution in [1.29, 1.82) is 0 Å². The number of para-hydroxylation sites is 1. The predicted molar refractivity (Wildman–Crippen MR) is 78.8 cm³/mol. The summed E-state index contributed by atoms with van der Waals surface area (Å²) in [6.45, 7) is 0.708. The zero-order valence-corrected chi connectivity index (χ0v) is 11.2. The monoisotopic (exact) mass is 282 g/mol. The standard InChI is InChI=1S/C16H14N2O3/c19-14-4-2-1-3-13(14)16(20)18-17-10-11-5-6-15-12(9-11)7-8-21-15/h1-6,9-10,19H,7-8H2,(H,18,20)/b17-10+. The number of carbonyl (C=O) groups excluding carboxylic acids is 1. The Balaban J connectivity index is 1.67. The van der Waals surface area contributed by atoms with Gasteiger partial charge in [-0.1, -0.05) is 12.1 Å². The fourth-order valence-corrected chi connectivity index (χ4v) is 2.18. The van der Waals surface area contributed by atoms with Crippen molar-refractivity contribution in [3.63, 3.8) is 0 Å². The van der Waals surface area contributed by atoms with E-state index in [-0.39, 0.29) is 11.3 Å². The molecule has 2 aromatic rings. The highest BCUT2D eigenvalue weighted by molar-refractivity contribution is 5.97. The molecule has 0 atom stereocenters. The molecule has 0 bridgehead atoms. The minimum atomic E-state index is -0.450.